The Kier molecular flexibility index (Phi) is 5.20. The molecule has 0 amide bonds. The van der Waals surface area contributed by atoms with Gasteiger partial charge in [-0.3, -0.25) is 9.80 Å². The summed E-state index contributed by atoms with van der Waals surface area (Å²) in [6.07, 6.45) is 0.342. The summed E-state index contributed by atoms with van der Waals surface area (Å²) in [5.74, 6) is 0. The molecule has 16 heavy (non-hydrogen) atoms. The molecule has 0 aliphatic carbocycles. The molecule has 0 saturated carbocycles. The van der Waals surface area contributed by atoms with Gasteiger partial charge < -0.3 is 5.11 Å². The van der Waals surface area contributed by atoms with Crippen molar-refractivity contribution < 1.29 is 5.11 Å². The van der Waals surface area contributed by atoms with Crippen LogP contribution in [0.3, 0.4) is 0 Å². The third-order valence-electron chi connectivity index (χ3n) is 3.31. The SMILES string of the molecule is C[C@H](O)CN1CCN([C@@H](C)CC#N)C[C@@H]1C. The Bertz CT molecular complexity index is 249. The molecular formula is C12H23N3O. The molecule has 0 aromatic rings. The zero-order chi connectivity index (χ0) is 12.1. The van der Waals surface area contributed by atoms with Crippen molar-refractivity contribution in [1.82, 2.24) is 9.80 Å². The molecule has 1 aliphatic heterocycles. The first-order valence-electron chi connectivity index (χ1n) is 6.07. The Balaban J connectivity index is 2.42. The zero-order valence-corrected chi connectivity index (χ0v) is 10.6. The Hall–Kier alpha value is -0.630. The summed E-state index contributed by atoms with van der Waals surface area (Å²) in [5, 5.41) is 18.1. The summed E-state index contributed by atoms with van der Waals surface area (Å²) >= 11 is 0. The normalized spacial score (nSPS) is 27.3. The molecule has 1 N–H and O–H groups in total. The van der Waals surface area contributed by atoms with Crippen LogP contribution in [0.4, 0.5) is 0 Å². The third-order valence-corrected chi connectivity index (χ3v) is 3.31. The Morgan fingerprint density at radius 2 is 2.12 bits per heavy atom. The molecule has 1 rings (SSSR count). The summed E-state index contributed by atoms with van der Waals surface area (Å²) in [6.45, 7) is 9.87. The van der Waals surface area contributed by atoms with Crippen molar-refractivity contribution in [3.63, 3.8) is 0 Å². The van der Waals surface area contributed by atoms with Crippen LogP contribution in [0.2, 0.25) is 0 Å². The van der Waals surface area contributed by atoms with Crippen LogP contribution in [0.15, 0.2) is 0 Å². The molecular weight excluding hydrogens is 202 g/mol. The van der Waals surface area contributed by atoms with Crippen molar-refractivity contribution in [2.75, 3.05) is 26.2 Å². The molecule has 4 nitrogen and oxygen atoms in total. The average Bonchev–Trinajstić information content (AvgIpc) is 2.20. The molecule has 4 heteroatoms. The summed E-state index contributed by atoms with van der Waals surface area (Å²) in [6, 6.07) is 3.04. The molecule has 1 saturated heterocycles. The zero-order valence-electron chi connectivity index (χ0n) is 10.6. The van der Waals surface area contributed by atoms with Crippen molar-refractivity contribution in [3.8, 4) is 6.07 Å². The van der Waals surface area contributed by atoms with Gasteiger partial charge in [0.25, 0.3) is 0 Å². The molecule has 0 bridgehead atoms. The average molecular weight is 225 g/mol. The second-order valence-electron chi connectivity index (χ2n) is 4.90. The minimum atomic E-state index is -0.259. The predicted octanol–water partition coefficient (Wildman–Crippen LogP) is 0.675. The van der Waals surface area contributed by atoms with E-state index in [4.69, 9.17) is 5.26 Å². The number of nitriles is 1. The van der Waals surface area contributed by atoms with Gasteiger partial charge in [0.1, 0.15) is 0 Å². The molecule has 1 fully saturated rings. The highest BCUT2D eigenvalue weighted by Crippen LogP contribution is 2.14. The van der Waals surface area contributed by atoms with E-state index in [0.717, 1.165) is 26.2 Å². The Labute approximate surface area is 98.5 Å². The lowest BCUT2D eigenvalue weighted by Gasteiger charge is -2.42. The van der Waals surface area contributed by atoms with Gasteiger partial charge in [0, 0.05) is 38.3 Å². The van der Waals surface area contributed by atoms with Crippen LogP contribution in [0, 0.1) is 11.3 Å². The van der Waals surface area contributed by atoms with Crippen molar-refractivity contribution in [2.45, 2.75) is 45.4 Å². The van der Waals surface area contributed by atoms with Crippen LogP contribution in [0.25, 0.3) is 0 Å². The van der Waals surface area contributed by atoms with E-state index in [9.17, 15) is 5.11 Å². The fourth-order valence-corrected chi connectivity index (χ4v) is 2.30. The first-order valence-corrected chi connectivity index (χ1v) is 6.07. The molecule has 1 aliphatic rings. The number of rotatable bonds is 4. The first kappa shape index (κ1) is 13.4. The fraction of sp³-hybridized carbons (Fsp3) is 0.917. The molecule has 0 spiro atoms. The van der Waals surface area contributed by atoms with Gasteiger partial charge >= 0.3 is 0 Å². The monoisotopic (exact) mass is 225 g/mol. The van der Waals surface area contributed by atoms with Crippen LogP contribution >= 0.6 is 0 Å². The van der Waals surface area contributed by atoms with Gasteiger partial charge in [0.2, 0.25) is 0 Å². The highest BCUT2D eigenvalue weighted by atomic mass is 16.3. The minimum Gasteiger partial charge on any atom is -0.392 e. The number of hydrogen-bond acceptors (Lipinski definition) is 4. The van der Waals surface area contributed by atoms with E-state index in [1.54, 1.807) is 0 Å². The van der Waals surface area contributed by atoms with Gasteiger partial charge in [0.05, 0.1) is 18.6 Å². The molecule has 0 unspecified atom stereocenters. The maximum Gasteiger partial charge on any atom is 0.0639 e. The van der Waals surface area contributed by atoms with Gasteiger partial charge in [-0.05, 0) is 20.8 Å². The second kappa shape index (κ2) is 6.19. The van der Waals surface area contributed by atoms with E-state index in [1.807, 2.05) is 6.92 Å². The lowest BCUT2D eigenvalue weighted by molar-refractivity contribution is 0.0315. The number of hydrogen-bond donors (Lipinski definition) is 1. The largest absolute Gasteiger partial charge is 0.392 e. The van der Waals surface area contributed by atoms with Crippen LogP contribution in [-0.2, 0) is 0 Å². The number of aliphatic hydroxyl groups is 1. The highest BCUT2D eigenvalue weighted by Gasteiger charge is 2.26. The van der Waals surface area contributed by atoms with E-state index >= 15 is 0 Å². The van der Waals surface area contributed by atoms with Crippen LogP contribution < -0.4 is 0 Å². The van der Waals surface area contributed by atoms with Gasteiger partial charge in [0.15, 0.2) is 0 Å². The van der Waals surface area contributed by atoms with E-state index in [0.29, 0.717) is 18.5 Å². The van der Waals surface area contributed by atoms with Gasteiger partial charge in [-0.2, -0.15) is 5.26 Å². The summed E-state index contributed by atoms with van der Waals surface area (Å²) in [7, 11) is 0. The molecule has 3 atom stereocenters. The molecule has 0 aromatic heterocycles. The van der Waals surface area contributed by atoms with Crippen molar-refractivity contribution in [1.29, 1.82) is 5.26 Å². The quantitative estimate of drug-likeness (QED) is 0.764. The number of nitrogens with zero attached hydrogens (tertiary/aromatic N) is 3. The number of piperazine rings is 1. The summed E-state index contributed by atoms with van der Waals surface area (Å²) in [5.41, 5.74) is 0. The number of β-amino-alcohol motifs (C(OH)–C–C–N with tert-alkyl or cyclic N) is 1. The predicted molar refractivity (Wildman–Crippen MR) is 64.0 cm³/mol. The van der Waals surface area contributed by atoms with Gasteiger partial charge in [-0.15, -0.1) is 0 Å². The Morgan fingerprint density at radius 1 is 1.44 bits per heavy atom. The summed E-state index contributed by atoms with van der Waals surface area (Å²) in [4.78, 5) is 4.69. The van der Waals surface area contributed by atoms with Gasteiger partial charge in [-0.25, -0.2) is 0 Å². The standard InChI is InChI=1S/C12H23N3O/c1-10(4-5-13)14-6-7-15(9-12(3)16)11(2)8-14/h10-12,16H,4,6-9H2,1-3H3/t10-,11-,12-/m0/s1. The van der Waals surface area contributed by atoms with Crippen molar-refractivity contribution in [3.05, 3.63) is 0 Å². The van der Waals surface area contributed by atoms with E-state index < -0.39 is 0 Å². The fourth-order valence-electron chi connectivity index (χ4n) is 2.30. The van der Waals surface area contributed by atoms with E-state index in [1.165, 1.54) is 0 Å². The van der Waals surface area contributed by atoms with E-state index in [-0.39, 0.29) is 6.10 Å². The minimum absolute atomic E-state index is 0.259. The van der Waals surface area contributed by atoms with E-state index in [2.05, 4.69) is 29.7 Å². The Morgan fingerprint density at radius 3 is 2.62 bits per heavy atom. The molecule has 92 valence electrons. The molecule has 0 aromatic carbocycles. The van der Waals surface area contributed by atoms with Crippen molar-refractivity contribution in [2.24, 2.45) is 0 Å². The maximum atomic E-state index is 9.38. The lowest BCUT2D eigenvalue weighted by atomic mass is 10.1. The topological polar surface area (TPSA) is 50.5 Å². The third kappa shape index (κ3) is 3.75. The number of aliphatic hydroxyl groups excluding tert-OH is 1. The molecule has 1 heterocycles. The van der Waals surface area contributed by atoms with Gasteiger partial charge in [-0.1, -0.05) is 0 Å². The van der Waals surface area contributed by atoms with Crippen LogP contribution in [0.5, 0.6) is 0 Å². The van der Waals surface area contributed by atoms with Crippen molar-refractivity contribution >= 4 is 0 Å². The smallest absolute Gasteiger partial charge is 0.0639 e. The highest BCUT2D eigenvalue weighted by molar-refractivity contribution is 4.86. The first-order chi connectivity index (χ1) is 7.54. The second-order valence-corrected chi connectivity index (χ2v) is 4.90. The maximum absolute atomic E-state index is 9.38. The van der Waals surface area contributed by atoms with Crippen LogP contribution in [-0.4, -0.2) is 59.3 Å². The summed E-state index contributed by atoms with van der Waals surface area (Å²) < 4.78 is 0. The molecule has 0 radical (unpaired) electrons. The lowest BCUT2D eigenvalue weighted by Crippen LogP contribution is -2.55. The van der Waals surface area contributed by atoms with Crippen LogP contribution in [0.1, 0.15) is 27.2 Å².